The standard InChI is InChI=1S/C16H17Br2NO2/c1-11(19)15-6-5-13(18)10-16(15)21-8-7-20-14-4-2-3-12(17)9-14/h2-6,9-11H,7-8,19H2,1H3/t11-/m0/s1. The zero-order valence-electron chi connectivity index (χ0n) is 11.7. The molecule has 0 aromatic heterocycles. The SMILES string of the molecule is C[C@H](N)c1ccc(Br)cc1OCCOc1cccc(Br)c1. The van der Waals surface area contributed by atoms with Gasteiger partial charge < -0.3 is 15.2 Å². The predicted octanol–water partition coefficient (Wildman–Crippen LogP) is 4.69. The number of hydrogen-bond acceptors (Lipinski definition) is 3. The van der Waals surface area contributed by atoms with Crippen LogP contribution in [0.15, 0.2) is 51.4 Å². The van der Waals surface area contributed by atoms with Crippen molar-refractivity contribution in [1.29, 1.82) is 0 Å². The van der Waals surface area contributed by atoms with Gasteiger partial charge in [-0.15, -0.1) is 0 Å². The van der Waals surface area contributed by atoms with E-state index in [1.54, 1.807) is 0 Å². The summed E-state index contributed by atoms with van der Waals surface area (Å²) in [6.07, 6.45) is 0. The molecule has 2 aromatic rings. The summed E-state index contributed by atoms with van der Waals surface area (Å²) in [4.78, 5) is 0. The second-order valence-corrected chi connectivity index (χ2v) is 6.46. The number of hydrogen-bond donors (Lipinski definition) is 1. The molecule has 1 atom stereocenters. The number of nitrogens with two attached hydrogens (primary N) is 1. The summed E-state index contributed by atoms with van der Waals surface area (Å²) in [6, 6.07) is 13.5. The van der Waals surface area contributed by atoms with Crippen molar-refractivity contribution in [3.05, 3.63) is 57.0 Å². The molecule has 0 bridgehead atoms. The lowest BCUT2D eigenvalue weighted by Crippen LogP contribution is -2.12. The van der Waals surface area contributed by atoms with Gasteiger partial charge in [0.15, 0.2) is 0 Å². The van der Waals surface area contributed by atoms with Crippen molar-refractivity contribution in [1.82, 2.24) is 0 Å². The minimum absolute atomic E-state index is 0.0703. The van der Waals surface area contributed by atoms with Crippen LogP contribution >= 0.6 is 31.9 Å². The Balaban J connectivity index is 1.90. The molecule has 3 nitrogen and oxygen atoms in total. The lowest BCUT2D eigenvalue weighted by molar-refractivity contribution is 0.215. The van der Waals surface area contributed by atoms with Gasteiger partial charge in [-0.05, 0) is 37.3 Å². The van der Waals surface area contributed by atoms with E-state index in [0.29, 0.717) is 13.2 Å². The predicted molar refractivity (Wildman–Crippen MR) is 91.9 cm³/mol. The van der Waals surface area contributed by atoms with Crippen LogP contribution in [0.5, 0.6) is 11.5 Å². The van der Waals surface area contributed by atoms with Crippen molar-refractivity contribution in [2.75, 3.05) is 13.2 Å². The van der Waals surface area contributed by atoms with Gasteiger partial charge in [0, 0.05) is 20.6 Å². The van der Waals surface area contributed by atoms with Crippen LogP contribution in [0.4, 0.5) is 0 Å². The fourth-order valence-corrected chi connectivity index (χ4v) is 2.60. The lowest BCUT2D eigenvalue weighted by Gasteiger charge is -2.15. The maximum absolute atomic E-state index is 5.94. The van der Waals surface area contributed by atoms with Crippen LogP contribution in [-0.2, 0) is 0 Å². The largest absolute Gasteiger partial charge is 0.490 e. The quantitative estimate of drug-likeness (QED) is 0.697. The Morgan fingerprint density at radius 3 is 2.43 bits per heavy atom. The van der Waals surface area contributed by atoms with Gasteiger partial charge in [-0.1, -0.05) is 44.0 Å². The Kier molecular flexibility index (Phi) is 6.08. The fraction of sp³-hybridized carbons (Fsp3) is 0.250. The summed E-state index contributed by atoms with van der Waals surface area (Å²) in [6.45, 7) is 2.87. The van der Waals surface area contributed by atoms with Crippen LogP contribution in [0.25, 0.3) is 0 Å². The summed E-state index contributed by atoms with van der Waals surface area (Å²) in [5.41, 5.74) is 6.93. The molecule has 0 unspecified atom stereocenters. The van der Waals surface area contributed by atoms with Crippen molar-refractivity contribution in [2.45, 2.75) is 13.0 Å². The first-order valence-electron chi connectivity index (χ1n) is 6.62. The Bertz CT molecular complexity index is 603. The zero-order chi connectivity index (χ0) is 15.2. The number of rotatable bonds is 6. The third-order valence-electron chi connectivity index (χ3n) is 2.87. The monoisotopic (exact) mass is 413 g/mol. The van der Waals surface area contributed by atoms with Crippen molar-refractivity contribution < 1.29 is 9.47 Å². The first kappa shape index (κ1) is 16.3. The molecule has 0 aliphatic carbocycles. The minimum atomic E-state index is -0.0703. The van der Waals surface area contributed by atoms with Gasteiger partial charge in [0.2, 0.25) is 0 Å². The Morgan fingerprint density at radius 1 is 1.00 bits per heavy atom. The van der Waals surface area contributed by atoms with E-state index in [-0.39, 0.29) is 6.04 Å². The highest BCUT2D eigenvalue weighted by Gasteiger charge is 2.08. The molecule has 2 rings (SSSR count). The first-order valence-corrected chi connectivity index (χ1v) is 8.21. The number of ether oxygens (including phenoxy) is 2. The van der Waals surface area contributed by atoms with Crippen LogP contribution in [0.3, 0.4) is 0 Å². The second-order valence-electron chi connectivity index (χ2n) is 4.63. The molecule has 2 N–H and O–H groups in total. The Hall–Kier alpha value is -1.04. The van der Waals surface area contributed by atoms with Crippen LogP contribution in [-0.4, -0.2) is 13.2 Å². The second kappa shape index (κ2) is 7.82. The molecule has 0 radical (unpaired) electrons. The number of benzene rings is 2. The van der Waals surface area contributed by atoms with Crippen LogP contribution in [0, 0.1) is 0 Å². The third kappa shape index (κ3) is 5.02. The smallest absolute Gasteiger partial charge is 0.125 e. The van der Waals surface area contributed by atoms with Gasteiger partial charge >= 0.3 is 0 Å². The van der Waals surface area contributed by atoms with Gasteiger partial charge in [-0.25, -0.2) is 0 Å². The lowest BCUT2D eigenvalue weighted by atomic mass is 10.1. The van der Waals surface area contributed by atoms with E-state index in [1.807, 2.05) is 49.4 Å². The van der Waals surface area contributed by atoms with Crippen molar-refractivity contribution in [3.63, 3.8) is 0 Å². The molecule has 0 saturated heterocycles. The summed E-state index contributed by atoms with van der Waals surface area (Å²) in [5, 5.41) is 0. The van der Waals surface area contributed by atoms with Crippen molar-refractivity contribution in [3.8, 4) is 11.5 Å². The molecular weight excluding hydrogens is 398 g/mol. The van der Waals surface area contributed by atoms with Crippen LogP contribution < -0.4 is 15.2 Å². The first-order chi connectivity index (χ1) is 10.1. The van der Waals surface area contributed by atoms with E-state index in [1.165, 1.54) is 0 Å². The minimum Gasteiger partial charge on any atom is -0.490 e. The Labute approximate surface area is 141 Å². The average Bonchev–Trinajstić information content (AvgIpc) is 2.43. The highest BCUT2D eigenvalue weighted by atomic mass is 79.9. The summed E-state index contributed by atoms with van der Waals surface area (Å²) >= 11 is 6.85. The van der Waals surface area contributed by atoms with Crippen LogP contribution in [0.1, 0.15) is 18.5 Å². The average molecular weight is 415 g/mol. The normalized spacial score (nSPS) is 12.0. The van der Waals surface area contributed by atoms with Crippen LogP contribution in [0.2, 0.25) is 0 Å². The van der Waals surface area contributed by atoms with Gasteiger partial charge in [0.05, 0.1) is 0 Å². The molecule has 0 saturated carbocycles. The molecule has 2 aromatic carbocycles. The van der Waals surface area contributed by atoms with Gasteiger partial charge in [0.25, 0.3) is 0 Å². The maximum atomic E-state index is 5.94. The molecule has 0 fully saturated rings. The molecule has 0 spiro atoms. The topological polar surface area (TPSA) is 44.5 Å². The van der Waals surface area contributed by atoms with E-state index in [2.05, 4.69) is 31.9 Å². The van der Waals surface area contributed by atoms with Gasteiger partial charge in [-0.3, -0.25) is 0 Å². The molecule has 0 aliphatic heterocycles. The zero-order valence-corrected chi connectivity index (χ0v) is 14.9. The van der Waals surface area contributed by atoms with Crippen molar-refractivity contribution >= 4 is 31.9 Å². The molecule has 112 valence electrons. The van der Waals surface area contributed by atoms with Gasteiger partial charge in [0.1, 0.15) is 24.7 Å². The summed E-state index contributed by atoms with van der Waals surface area (Å²) in [7, 11) is 0. The highest BCUT2D eigenvalue weighted by Crippen LogP contribution is 2.27. The summed E-state index contributed by atoms with van der Waals surface area (Å²) < 4.78 is 13.4. The van der Waals surface area contributed by atoms with E-state index >= 15 is 0 Å². The molecule has 5 heteroatoms. The van der Waals surface area contributed by atoms with Crippen molar-refractivity contribution in [2.24, 2.45) is 5.73 Å². The Morgan fingerprint density at radius 2 is 1.71 bits per heavy atom. The van der Waals surface area contributed by atoms with Gasteiger partial charge in [-0.2, -0.15) is 0 Å². The fourth-order valence-electron chi connectivity index (χ4n) is 1.88. The molecule has 0 heterocycles. The third-order valence-corrected chi connectivity index (χ3v) is 3.86. The maximum Gasteiger partial charge on any atom is 0.125 e. The van der Waals surface area contributed by atoms with E-state index in [4.69, 9.17) is 15.2 Å². The summed E-state index contributed by atoms with van der Waals surface area (Å²) in [5.74, 6) is 1.60. The molecule has 21 heavy (non-hydrogen) atoms. The molecule has 0 aliphatic rings. The highest BCUT2D eigenvalue weighted by molar-refractivity contribution is 9.10. The van der Waals surface area contributed by atoms with E-state index < -0.39 is 0 Å². The molecular formula is C16H17Br2NO2. The van der Waals surface area contributed by atoms with E-state index in [9.17, 15) is 0 Å². The van der Waals surface area contributed by atoms with E-state index in [0.717, 1.165) is 26.0 Å². The number of halogens is 2. The molecule has 0 amide bonds.